The second-order valence-electron chi connectivity index (χ2n) is 7.53. The maximum atomic E-state index is 13.8. The van der Waals surface area contributed by atoms with Crippen molar-refractivity contribution in [3.8, 4) is 5.75 Å². The molecule has 0 aliphatic carbocycles. The summed E-state index contributed by atoms with van der Waals surface area (Å²) in [5.74, 6) is -0.627. The molecule has 1 fully saturated rings. The number of fused-ring (bicyclic) bond motifs is 1. The number of nitrogen functional groups attached to an aromatic ring is 1. The van der Waals surface area contributed by atoms with Crippen molar-refractivity contribution in [2.75, 3.05) is 30.3 Å². The summed E-state index contributed by atoms with van der Waals surface area (Å²) in [6.45, 7) is 1.64. The van der Waals surface area contributed by atoms with Crippen LogP contribution in [0.25, 0.3) is 0 Å². The highest BCUT2D eigenvalue weighted by atomic mass is 19.3. The van der Waals surface area contributed by atoms with E-state index in [9.17, 15) is 17.6 Å². The summed E-state index contributed by atoms with van der Waals surface area (Å²) in [5, 5.41) is 3.08. The van der Waals surface area contributed by atoms with Gasteiger partial charge in [0.1, 0.15) is 11.9 Å². The van der Waals surface area contributed by atoms with Gasteiger partial charge in [-0.25, -0.2) is 27.5 Å². The highest BCUT2D eigenvalue weighted by Gasteiger charge is 2.29. The van der Waals surface area contributed by atoms with E-state index in [-0.39, 0.29) is 24.1 Å². The number of anilines is 2. The molecule has 0 spiro atoms. The van der Waals surface area contributed by atoms with E-state index in [1.807, 2.05) is 4.90 Å². The van der Waals surface area contributed by atoms with Gasteiger partial charge >= 0.3 is 0 Å². The Morgan fingerprint density at radius 2 is 1.97 bits per heavy atom. The summed E-state index contributed by atoms with van der Waals surface area (Å²) < 4.78 is 58.4. The van der Waals surface area contributed by atoms with Gasteiger partial charge in [-0.1, -0.05) is 0 Å². The Hall–Kier alpha value is -2.62. The van der Waals surface area contributed by atoms with E-state index in [1.165, 1.54) is 6.07 Å². The molecule has 2 aromatic rings. The highest BCUT2D eigenvalue weighted by Crippen LogP contribution is 2.31. The lowest BCUT2D eigenvalue weighted by atomic mass is 10.0. The van der Waals surface area contributed by atoms with Gasteiger partial charge in [0.2, 0.25) is 6.43 Å². The van der Waals surface area contributed by atoms with Gasteiger partial charge in [-0.05, 0) is 12.1 Å². The van der Waals surface area contributed by atoms with Gasteiger partial charge in [-0.2, -0.15) is 0 Å². The number of nitrogens with one attached hydrogen (secondary N) is 1. The number of piperidine rings is 1. The van der Waals surface area contributed by atoms with Crippen molar-refractivity contribution in [3.05, 3.63) is 41.2 Å². The molecule has 10 heteroatoms. The molecule has 0 radical (unpaired) electrons. The van der Waals surface area contributed by atoms with E-state index in [2.05, 4.69) is 15.3 Å². The SMILES string of the molecule is Nc1nc2c(nc1N1CCC(Oc3ccc(F)cc3F)CC1)C(CC(F)F)NCC2. The highest BCUT2D eigenvalue weighted by molar-refractivity contribution is 5.59. The van der Waals surface area contributed by atoms with Crippen molar-refractivity contribution in [2.45, 2.75) is 44.3 Å². The molecule has 2 aliphatic rings. The van der Waals surface area contributed by atoms with Crippen molar-refractivity contribution < 1.29 is 22.3 Å². The molecular weight excluding hydrogens is 402 g/mol. The number of nitrogens with two attached hydrogens (primary N) is 1. The van der Waals surface area contributed by atoms with Gasteiger partial charge in [0.15, 0.2) is 23.2 Å². The number of aromatic nitrogens is 2. The second-order valence-corrected chi connectivity index (χ2v) is 7.53. The number of halogens is 4. The predicted octanol–water partition coefficient (Wildman–Crippen LogP) is 3.23. The van der Waals surface area contributed by atoms with Crippen LogP contribution in [0.3, 0.4) is 0 Å². The molecule has 1 aromatic carbocycles. The van der Waals surface area contributed by atoms with Crippen molar-refractivity contribution in [2.24, 2.45) is 0 Å². The van der Waals surface area contributed by atoms with Crippen molar-refractivity contribution >= 4 is 11.6 Å². The Bertz CT molecular complexity index is 905. The van der Waals surface area contributed by atoms with Crippen LogP contribution in [0, 0.1) is 11.6 Å². The zero-order valence-corrected chi connectivity index (χ0v) is 16.3. The molecule has 0 amide bonds. The Labute approximate surface area is 171 Å². The zero-order chi connectivity index (χ0) is 21.3. The van der Waals surface area contributed by atoms with Gasteiger partial charge < -0.3 is 20.7 Å². The molecule has 162 valence electrons. The number of benzene rings is 1. The average molecular weight is 425 g/mol. The molecule has 0 saturated carbocycles. The van der Waals surface area contributed by atoms with Gasteiger partial charge in [0.05, 0.1) is 17.4 Å². The Morgan fingerprint density at radius 3 is 2.67 bits per heavy atom. The maximum absolute atomic E-state index is 13.8. The first-order chi connectivity index (χ1) is 14.4. The first kappa shape index (κ1) is 20.6. The third-order valence-corrected chi connectivity index (χ3v) is 5.43. The van der Waals surface area contributed by atoms with E-state index in [4.69, 9.17) is 10.5 Å². The maximum Gasteiger partial charge on any atom is 0.240 e. The smallest absolute Gasteiger partial charge is 0.240 e. The number of hydrogen-bond donors (Lipinski definition) is 2. The number of rotatable bonds is 5. The summed E-state index contributed by atoms with van der Waals surface area (Å²) in [6, 6.07) is 2.67. The molecular formula is C20H23F4N5O. The standard InChI is InChI=1S/C20H23F4N5O/c21-11-1-2-16(13(22)9-11)30-12-4-7-29(8-5-12)20-19(25)27-14-3-6-26-15(10-17(23)24)18(14)28-20/h1-2,9,12,15,17,26H,3-8,10H2,(H2,25,27). The summed E-state index contributed by atoms with van der Waals surface area (Å²) in [6.07, 6.45) is -1.27. The summed E-state index contributed by atoms with van der Waals surface area (Å²) in [5.41, 5.74) is 7.30. The van der Waals surface area contributed by atoms with E-state index in [0.29, 0.717) is 56.1 Å². The van der Waals surface area contributed by atoms with Crippen molar-refractivity contribution in [3.63, 3.8) is 0 Å². The molecule has 3 heterocycles. The first-order valence-corrected chi connectivity index (χ1v) is 9.95. The molecule has 1 unspecified atom stereocenters. The van der Waals surface area contributed by atoms with Crippen molar-refractivity contribution in [1.82, 2.24) is 15.3 Å². The van der Waals surface area contributed by atoms with E-state index in [0.717, 1.165) is 12.1 Å². The van der Waals surface area contributed by atoms with Crippen LogP contribution in [0.5, 0.6) is 5.75 Å². The van der Waals surface area contributed by atoms with Crippen molar-refractivity contribution in [1.29, 1.82) is 0 Å². The molecule has 4 rings (SSSR count). The van der Waals surface area contributed by atoms with E-state index < -0.39 is 24.1 Å². The summed E-state index contributed by atoms with van der Waals surface area (Å²) in [7, 11) is 0. The van der Waals surface area contributed by atoms with Gasteiger partial charge in [-0.3, -0.25) is 0 Å². The summed E-state index contributed by atoms with van der Waals surface area (Å²) in [4.78, 5) is 11.0. The van der Waals surface area contributed by atoms with Gasteiger partial charge in [0.25, 0.3) is 0 Å². The minimum atomic E-state index is -2.45. The van der Waals surface area contributed by atoms with Crippen LogP contribution in [-0.2, 0) is 6.42 Å². The first-order valence-electron chi connectivity index (χ1n) is 9.95. The topological polar surface area (TPSA) is 76.3 Å². The molecule has 6 nitrogen and oxygen atoms in total. The minimum absolute atomic E-state index is 0.0175. The monoisotopic (exact) mass is 425 g/mol. The largest absolute Gasteiger partial charge is 0.487 e. The van der Waals surface area contributed by atoms with E-state index >= 15 is 0 Å². The van der Waals surface area contributed by atoms with Crippen LogP contribution in [0.1, 0.15) is 36.7 Å². The second kappa shape index (κ2) is 8.63. The third kappa shape index (κ3) is 4.43. The quantitative estimate of drug-likeness (QED) is 0.717. The summed E-state index contributed by atoms with van der Waals surface area (Å²) >= 11 is 0. The van der Waals surface area contributed by atoms with E-state index in [1.54, 1.807) is 0 Å². The number of alkyl halides is 2. The Morgan fingerprint density at radius 1 is 1.20 bits per heavy atom. The molecule has 30 heavy (non-hydrogen) atoms. The fourth-order valence-electron chi connectivity index (χ4n) is 3.95. The fourth-order valence-corrected chi connectivity index (χ4v) is 3.95. The van der Waals surface area contributed by atoms with Crippen LogP contribution in [-0.4, -0.2) is 42.1 Å². The van der Waals surface area contributed by atoms with Crippen LogP contribution < -0.4 is 20.7 Å². The molecule has 1 saturated heterocycles. The van der Waals surface area contributed by atoms with Crippen LogP contribution in [0.2, 0.25) is 0 Å². The van der Waals surface area contributed by atoms with Crippen LogP contribution in [0.15, 0.2) is 18.2 Å². The molecule has 1 atom stereocenters. The minimum Gasteiger partial charge on any atom is -0.487 e. The van der Waals surface area contributed by atoms with Crippen LogP contribution in [0.4, 0.5) is 29.2 Å². The fraction of sp³-hybridized carbons (Fsp3) is 0.500. The third-order valence-electron chi connectivity index (χ3n) is 5.43. The zero-order valence-electron chi connectivity index (χ0n) is 16.3. The normalized spacial score (nSPS) is 19.8. The number of nitrogens with zero attached hydrogens (tertiary/aromatic N) is 3. The Balaban J connectivity index is 1.45. The molecule has 0 bridgehead atoms. The molecule has 3 N–H and O–H groups in total. The lowest BCUT2D eigenvalue weighted by Gasteiger charge is -2.34. The lowest BCUT2D eigenvalue weighted by molar-refractivity contribution is 0.120. The molecule has 1 aromatic heterocycles. The predicted molar refractivity (Wildman–Crippen MR) is 104 cm³/mol. The number of ether oxygens (including phenoxy) is 1. The van der Waals surface area contributed by atoms with Gasteiger partial charge in [0, 0.05) is 51.4 Å². The van der Waals surface area contributed by atoms with Crippen LogP contribution >= 0.6 is 0 Å². The number of hydrogen-bond acceptors (Lipinski definition) is 6. The Kier molecular flexibility index (Phi) is 5.94. The molecule has 2 aliphatic heterocycles. The van der Waals surface area contributed by atoms with Gasteiger partial charge in [-0.15, -0.1) is 0 Å². The lowest BCUT2D eigenvalue weighted by Crippen LogP contribution is -2.40. The average Bonchev–Trinajstić information content (AvgIpc) is 2.70.